The normalized spacial score (nSPS) is 16.1. The Morgan fingerprint density at radius 2 is 2.12 bits per heavy atom. The van der Waals surface area contributed by atoms with Gasteiger partial charge >= 0.3 is 0 Å². The Morgan fingerprint density at radius 3 is 2.76 bits per heavy atom. The van der Waals surface area contributed by atoms with Crippen molar-refractivity contribution < 1.29 is 4.79 Å². The van der Waals surface area contributed by atoms with Crippen LogP contribution < -0.4 is 11.1 Å². The van der Waals surface area contributed by atoms with Gasteiger partial charge in [0.1, 0.15) is 0 Å². The van der Waals surface area contributed by atoms with Crippen molar-refractivity contribution >= 4 is 23.2 Å². The zero-order valence-corrected chi connectivity index (χ0v) is 10.5. The highest BCUT2D eigenvalue weighted by molar-refractivity contribution is 6.33. The summed E-state index contributed by atoms with van der Waals surface area (Å²) in [6.07, 6.45) is 5.02. The number of benzene rings is 1. The smallest absolute Gasteiger partial charge is 0.251 e. The van der Waals surface area contributed by atoms with E-state index in [9.17, 15) is 4.79 Å². The Balaban J connectivity index is 1.92. The Kier molecular flexibility index (Phi) is 3.89. The third kappa shape index (κ3) is 3.13. The van der Waals surface area contributed by atoms with Crippen molar-refractivity contribution in [2.45, 2.75) is 25.7 Å². The topological polar surface area (TPSA) is 55.1 Å². The number of nitrogens with one attached hydrogen (secondary N) is 1. The van der Waals surface area contributed by atoms with Gasteiger partial charge in [0, 0.05) is 12.1 Å². The van der Waals surface area contributed by atoms with E-state index >= 15 is 0 Å². The van der Waals surface area contributed by atoms with E-state index in [1.54, 1.807) is 18.2 Å². The molecule has 1 fully saturated rings. The van der Waals surface area contributed by atoms with Crippen LogP contribution in [0, 0.1) is 5.92 Å². The number of carbonyl (C=O) groups excluding carboxylic acids is 1. The van der Waals surface area contributed by atoms with Crippen LogP contribution in [0.25, 0.3) is 0 Å². The van der Waals surface area contributed by atoms with Gasteiger partial charge in [-0.15, -0.1) is 0 Å². The van der Waals surface area contributed by atoms with Crippen molar-refractivity contribution in [3.05, 3.63) is 28.8 Å². The minimum Gasteiger partial charge on any atom is -0.398 e. The van der Waals surface area contributed by atoms with Crippen LogP contribution >= 0.6 is 11.6 Å². The molecule has 0 aromatic heterocycles. The van der Waals surface area contributed by atoms with Gasteiger partial charge in [0.25, 0.3) is 5.91 Å². The summed E-state index contributed by atoms with van der Waals surface area (Å²) in [6, 6.07) is 4.97. The molecule has 1 saturated carbocycles. The Bertz CT molecular complexity index is 414. The average molecular weight is 253 g/mol. The molecule has 3 nitrogen and oxygen atoms in total. The molecule has 1 aliphatic carbocycles. The summed E-state index contributed by atoms with van der Waals surface area (Å²) >= 11 is 5.81. The number of nitrogens with two attached hydrogens (primary N) is 1. The molecule has 0 atom stereocenters. The van der Waals surface area contributed by atoms with Gasteiger partial charge in [-0.05, 0) is 37.0 Å². The van der Waals surface area contributed by atoms with Crippen LogP contribution in [-0.4, -0.2) is 12.5 Å². The molecule has 0 unspecified atom stereocenters. The second-order valence-electron chi connectivity index (χ2n) is 4.60. The maximum atomic E-state index is 11.9. The van der Waals surface area contributed by atoms with Gasteiger partial charge in [-0.3, -0.25) is 4.79 Å². The van der Waals surface area contributed by atoms with Crippen LogP contribution in [0.15, 0.2) is 18.2 Å². The highest BCUT2D eigenvalue weighted by Gasteiger charge is 2.16. The van der Waals surface area contributed by atoms with Crippen LogP contribution in [-0.2, 0) is 0 Å². The molecule has 0 spiro atoms. The lowest BCUT2D eigenvalue weighted by molar-refractivity contribution is 0.0947. The van der Waals surface area contributed by atoms with E-state index in [4.69, 9.17) is 17.3 Å². The molecule has 0 saturated heterocycles. The Morgan fingerprint density at radius 1 is 1.41 bits per heavy atom. The van der Waals surface area contributed by atoms with Crippen LogP contribution in [0.1, 0.15) is 36.0 Å². The van der Waals surface area contributed by atoms with Crippen molar-refractivity contribution in [1.82, 2.24) is 5.32 Å². The molecule has 4 heteroatoms. The molecular formula is C13H17ClN2O. The lowest BCUT2D eigenvalue weighted by atomic mass is 10.1. The molecule has 0 radical (unpaired) electrons. The van der Waals surface area contributed by atoms with Gasteiger partial charge < -0.3 is 11.1 Å². The molecular weight excluding hydrogens is 236 g/mol. The highest BCUT2D eigenvalue weighted by atomic mass is 35.5. The predicted octanol–water partition coefficient (Wildman–Crippen LogP) is 2.84. The van der Waals surface area contributed by atoms with Gasteiger partial charge in [0.15, 0.2) is 0 Å². The molecule has 1 aromatic rings. The van der Waals surface area contributed by atoms with Crippen molar-refractivity contribution in [2.24, 2.45) is 5.92 Å². The summed E-state index contributed by atoms with van der Waals surface area (Å²) in [6.45, 7) is 0.765. The molecule has 1 amide bonds. The number of nitrogen functional groups attached to an aromatic ring is 1. The first-order valence-corrected chi connectivity index (χ1v) is 6.38. The van der Waals surface area contributed by atoms with E-state index in [1.807, 2.05) is 0 Å². The summed E-state index contributed by atoms with van der Waals surface area (Å²) < 4.78 is 0. The second-order valence-corrected chi connectivity index (χ2v) is 5.00. The van der Waals surface area contributed by atoms with Gasteiger partial charge in [0.2, 0.25) is 0 Å². The number of amides is 1. The predicted molar refractivity (Wildman–Crippen MR) is 70.2 cm³/mol. The largest absolute Gasteiger partial charge is 0.398 e. The summed E-state index contributed by atoms with van der Waals surface area (Å²) in [5.41, 5.74) is 6.68. The van der Waals surface area contributed by atoms with Gasteiger partial charge in [-0.1, -0.05) is 24.4 Å². The quantitative estimate of drug-likeness (QED) is 0.813. The molecule has 92 valence electrons. The lowest BCUT2D eigenvalue weighted by Gasteiger charge is -2.11. The molecule has 0 bridgehead atoms. The van der Waals surface area contributed by atoms with Crippen LogP contribution in [0.5, 0.6) is 0 Å². The maximum Gasteiger partial charge on any atom is 0.251 e. The summed E-state index contributed by atoms with van der Waals surface area (Å²) in [4.78, 5) is 11.9. The van der Waals surface area contributed by atoms with Crippen molar-refractivity contribution in [1.29, 1.82) is 0 Å². The monoisotopic (exact) mass is 252 g/mol. The highest BCUT2D eigenvalue weighted by Crippen LogP contribution is 2.24. The first-order chi connectivity index (χ1) is 8.16. The lowest BCUT2D eigenvalue weighted by Crippen LogP contribution is -2.28. The fourth-order valence-electron chi connectivity index (χ4n) is 2.24. The fraction of sp³-hybridized carbons (Fsp3) is 0.462. The average Bonchev–Trinajstić information content (AvgIpc) is 2.82. The summed E-state index contributed by atoms with van der Waals surface area (Å²) in [7, 11) is 0. The number of anilines is 1. The molecule has 0 aliphatic heterocycles. The fourth-order valence-corrected chi connectivity index (χ4v) is 2.36. The molecule has 1 aliphatic rings. The molecule has 1 aromatic carbocycles. The zero-order chi connectivity index (χ0) is 12.3. The molecule has 0 heterocycles. The van der Waals surface area contributed by atoms with Crippen LogP contribution in [0.3, 0.4) is 0 Å². The van der Waals surface area contributed by atoms with Gasteiger partial charge in [-0.25, -0.2) is 0 Å². The number of carbonyl (C=O) groups is 1. The Hall–Kier alpha value is -1.22. The standard InChI is InChI=1S/C13H17ClN2O/c14-11-6-5-10(7-12(11)15)13(17)16-8-9-3-1-2-4-9/h5-7,9H,1-4,8,15H2,(H,16,17). The minimum atomic E-state index is -0.0692. The first-order valence-electron chi connectivity index (χ1n) is 6.00. The third-order valence-electron chi connectivity index (χ3n) is 3.28. The molecule has 2 rings (SSSR count). The zero-order valence-electron chi connectivity index (χ0n) is 9.71. The number of hydrogen-bond acceptors (Lipinski definition) is 2. The first kappa shape index (κ1) is 12.2. The SMILES string of the molecule is Nc1cc(C(=O)NCC2CCCC2)ccc1Cl. The van der Waals surface area contributed by atoms with E-state index in [2.05, 4.69) is 5.32 Å². The maximum absolute atomic E-state index is 11.9. The molecule has 3 N–H and O–H groups in total. The molecule has 17 heavy (non-hydrogen) atoms. The van der Waals surface area contributed by atoms with E-state index in [0.717, 1.165) is 6.54 Å². The van der Waals surface area contributed by atoms with Gasteiger partial charge in [-0.2, -0.15) is 0 Å². The number of hydrogen-bond donors (Lipinski definition) is 2. The summed E-state index contributed by atoms with van der Waals surface area (Å²) in [5, 5.41) is 3.43. The van der Waals surface area contributed by atoms with E-state index in [1.165, 1.54) is 25.7 Å². The van der Waals surface area contributed by atoms with Crippen molar-refractivity contribution in [3.63, 3.8) is 0 Å². The van der Waals surface area contributed by atoms with Gasteiger partial charge in [0.05, 0.1) is 10.7 Å². The second kappa shape index (κ2) is 5.41. The van der Waals surface area contributed by atoms with Crippen LogP contribution in [0.4, 0.5) is 5.69 Å². The van der Waals surface area contributed by atoms with Crippen LogP contribution in [0.2, 0.25) is 5.02 Å². The number of rotatable bonds is 3. The van der Waals surface area contributed by atoms with Crippen molar-refractivity contribution in [2.75, 3.05) is 12.3 Å². The summed E-state index contributed by atoms with van der Waals surface area (Å²) in [5.74, 6) is 0.573. The Labute approximate surface area is 106 Å². The minimum absolute atomic E-state index is 0.0692. The third-order valence-corrected chi connectivity index (χ3v) is 3.63. The number of halogens is 1. The van der Waals surface area contributed by atoms with E-state index < -0.39 is 0 Å². The van der Waals surface area contributed by atoms with Crippen molar-refractivity contribution in [3.8, 4) is 0 Å². The van der Waals surface area contributed by atoms with E-state index in [-0.39, 0.29) is 5.91 Å². The van der Waals surface area contributed by atoms with E-state index in [0.29, 0.717) is 22.2 Å².